The molecule has 1 unspecified atom stereocenters. The molecular formula is C15H18ClFN2O2. The van der Waals surface area contributed by atoms with Crippen molar-refractivity contribution in [1.82, 2.24) is 5.32 Å². The minimum absolute atomic E-state index is 0.0161. The van der Waals surface area contributed by atoms with Crippen LogP contribution in [0, 0.1) is 5.82 Å². The maximum atomic E-state index is 13.7. The Labute approximate surface area is 128 Å². The average molecular weight is 313 g/mol. The molecule has 1 saturated heterocycles. The number of benzene rings is 1. The Morgan fingerprint density at radius 3 is 2.48 bits per heavy atom. The molecule has 0 spiro atoms. The van der Waals surface area contributed by atoms with Crippen molar-refractivity contribution in [3.63, 3.8) is 0 Å². The fourth-order valence-electron chi connectivity index (χ4n) is 2.62. The second kappa shape index (κ2) is 5.64. The largest absolute Gasteiger partial charge is 0.340 e. The van der Waals surface area contributed by atoms with Crippen LogP contribution in [0.1, 0.15) is 33.6 Å². The Bertz CT molecular complexity index is 587. The van der Waals surface area contributed by atoms with Crippen LogP contribution in [0.3, 0.4) is 0 Å². The van der Waals surface area contributed by atoms with Crippen LogP contribution in [0.2, 0.25) is 5.02 Å². The molecule has 2 amide bonds. The molecule has 2 rings (SSSR count). The normalized spacial score (nSPS) is 21.4. The van der Waals surface area contributed by atoms with Crippen molar-refractivity contribution in [1.29, 1.82) is 0 Å². The molecule has 1 fully saturated rings. The predicted molar refractivity (Wildman–Crippen MR) is 79.8 cm³/mol. The molecule has 114 valence electrons. The first-order valence-electron chi connectivity index (χ1n) is 6.97. The molecule has 0 aliphatic carbocycles. The minimum atomic E-state index is -0.931. The fraction of sp³-hybridized carbons (Fsp3) is 0.467. The number of carbonyl (C=O) groups excluding carboxylic acids is 2. The van der Waals surface area contributed by atoms with Gasteiger partial charge >= 0.3 is 0 Å². The number of amides is 2. The number of nitrogens with zero attached hydrogens (tertiary/aromatic N) is 1. The van der Waals surface area contributed by atoms with Crippen molar-refractivity contribution in [2.75, 3.05) is 4.90 Å². The van der Waals surface area contributed by atoms with Gasteiger partial charge in [-0.05, 0) is 38.0 Å². The number of piperazine rings is 1. The third-order valence-corrected chi connectivity index (χ3v) is 4.45. The van der Waals surface area contributed by atoms with Crippen LogP contribution < -0.4 is 10.2 Å². The predicted octanol–water partition coefficient (Wildman–Crippen LogP) is 2.89. The van der Waals surface area contributed by atoms with E-state index in [4.69, 9.17) is 11.6 Å². The number of nitrogens with one attached hydrogen (secondary N) is 1. The Morgan fingerprint density at radius 1 is 1.33 bits per heavy atom. The number of carbonyl (C=O) groups is 2. The average Bonchev–Trinajstić information content (AvgIpc) is 2.47. The quantitative estimate of drug-likeness (QED) is 0.933. The third-order valence-electron chi connectivity index (χ3n) is 4.15. The maximum Gasteiger partial charge on any atom is 0.253 e. The van der Waals surface area contributed by atoms with E-state index in [1.165, 1.54) is 17.0 Å². The summed E-state index contributed by atoms with van der Waals surface area (Å²) in [5.74, 6) is -1.08. The van der Waals surface area contributed by atoms with E-state index in [0.29, 0.717) is 18.5 Å². The Hall–Kier alpha value is -1.62. The molecule has 1 aromatic carbocycles. The van der Waals surface area contributed by atoms with E-state index in [2.05, 4.69) is 5.32 Å². The van der Waals surface area contributed by atoms with Gasteiger partial charge < -0.3 is 5.32 Å². The lowest BCUT2D eigenvalue weighted by Crippen LogP contribution is -2.69. The second-order valence-corrected chi connectivity index (χ2v) is 5.64. The van der Waals surface area contributed by atoms with Gasteiger partial charge in [-0.15, -0.1) is 0 Å². The van der Waals surface area contributed by atoms with Gasteiger partial charge in [0.2, 0.25) is 5.91 Å². The van der Waals surface area contributed by atoms with Gasteiger partial charge in [-0.25, -0.2) is 4.39 Å². The summed E-state index contributed by atoms with van der Waals surface area (Å²) in [5.41, 5.74) is -0.588. The molecule has 0 radical (unpaired) electrons. The summed E-state index contributed by atoms with van der Waals surface area (Å²) in [6.45, 7) is 5.31. The molecular weight excluding hydrogens is 295 g/mol. The highest BCUT2D eigenvalue weighted by Gasteiger charge is 2.48. The van der Waals surface area contributed by atoms with Crippen molar-refractivity contribution in [2.24, 2.45) is 0 Å². The van der Waals surface area contributed by atoms with E-state index in [0.717, 1.165) is 0 Å². The molecule has 6 heteroatoms. The van der Waals surface area contributed by atoms with Gasteiger partial charge in [-0.2, -0.15) is 0 Å². The van der Waals surface area contributed by atoms with E-state index in [9.17, 15) is 14.0 Å². The van der Waals surface area contributed by atoms with E-state index in [1.807, 2.05) is 13.8 Å². The first-order chi connectivity index (χ1) is 9.86. The topological polar surface area (TPSA) is 49.4 Å². The van der Waals surface area contributed by atoms with Crippen LogP contribution in [0.25, 0.3) is 0 Å². The molecule has 0 aromatic heterocycles. The van der Waals surface area contributed by atoms with Crippen LogP contribution in [-0.2, 0) is 9.59 Å². The van der Waals surface area contributed by atoms with Gasteiger partial charge in [0.15, 0.2) is 0 Å². The lowest BCUT2D eigenvalue weighted by atomic mass is 9.87. The number of rotatable bonds is 3. The minimum Gasteiger partial charge on any atom is -0.340 e. The Balaban J connectivity index is 2.50. The molecule has 4 nitrogen and oxygen atoms in total. The highest BCUT2D eigenvalue weighted by Crippen LogP contribution is 2.31. The number of hydrogen-bond donors (Lipinski definition) is 1. The van der Waals surface area contributed by atoms with Crippen molar-refractivity contribution >= 4 is 29.1 Å². The maximum absolute atomic E-state index is 13.7. The van der Waals surface area contributed by atoms with Crippen molar-refractivity contribution in [3.8, 4) is 0 Å². The van der Waals surface area contributed by atoms with E-state index in [-0.39, 0.29) is 16.8 Å². The molecule has 0 bridgehead atoms. The van der Waals surface area contributed by atoms with Gasteiger partial charge in [0.1, 0.15) is 17.4 Å². The first kappa shape index (κ1) is 15.8. The van der Waals surface area contributed by atoms with E-state index >= 15 is 0 Å². The van der Waals surface area contributed by atoms with Crippen LogP contribution >= 0.6 is 11.6 Å². The molecule has 21 heavy (non-hydrogen) atoms. The second-order valence-electron chi connectivity index (χ2n) is 5.23. The van der Waals surface area contributed by atoms with Crippen molar-refractivity contribution in [2.45, 2.75) is 45.2 Å². The van der Waals surface area contributed by atoms with E-state index in [1.54, 1.807) is 13.0 Å². The summed E-state index contributed by atoms with van der Waals surface area (Å²) in [5, 5.41) is 2.79. The zero-order valence-electron chi connectivity index (χ0n) is 12.2. The summed E-state index contributed by atoms with van der Waals surface area (Å²) in [6.07, 6.45) is 0.959. The molecule has 1 heterocycles. The van der Waals surface area contributed by atoms with Crippen LogP contribution in [-0.4, -0.2) is 23.4 Å². The molecule has 1 aliphatic heterocycles. The summed E-state index contributed by atoms with van der Waals surface area (Å²) < 4.78 is 13.7. The third kappa shape index (κ3) is 2.50. The highest BCUT2D eigenvalue weighted by atomic mass is 35.5. The van der Waals surface area contributed by atoms with Gasteiger partial charge in [0.05, 0.1) is 5.02 Å². The molecule has 1 aliphatic rings. The number of hydrogen-bond acceptors (Lipinski definition) is 2. The molecule has 1 atom stereocenters. The Morgan fingerprint density at radius 2 is 1.95 bits per heavy atom. The smallest absolute Gasteiger partial charge is 0.253 e. The van der Waals surface area contributed by atoms with Crippen LogP contribution in [0.5, 0.6) is 0 Å². The lowest BCUT2D eigenvalue weighted by molar-refractivity contribution is -0.138. The van der Waals surface area contributed by atoms with Crippen LogP contribution in [0.15, 0.2) is 18.2 Å². The fourth-order valence-corrected chi connectivity index (χ4v) is 2.74. The zero-order valence-corrected chi connectivity index (χ0v) is 13.0. The van der Waals surface area contributed by atoms with Gasteiger partial charge in [-0.3, -0.25) is 14.5 Å². The van der Waals surface area contributed by atoms with Crippen molar-refractivity contribution in [3.05, 3.63) is 29.0 Å². The van der Waals surface area contributed by atoms with Gasteiger partial charge in [0, 0.05) is 5.69 Å². The molecule has 1 N–H and O–H groups in total. The number of anilines is 1. The number of halogens is 2. The van der Waals surface area contributed by atoms with Gasteiger partial charge in [-0.1, -0.05) is 25.4 Å². The van der Waals surface area contributed by atoms with Gasteiger partial charge in [0.25, 0.3) is 5.91 Å². The standard InChI is InChI=1S/C15H18ClFN2O2/c1-4-15(5-2)14(21)19(9(3)13(20)18-15)10-6-7-11(16)12(17)8-10/h6-9H,4-5H2,1-3H3,(H,18,20). The highest BCUT2D eigenvalue weighted by molar-refractivity contribution is 6.30. The first-order valence-corrected chi connectivity index (χ1v) is 7.34. The Kier molecular flexibility index (Phi) is 4.23. The lowest BCUT2D eigenvalue weighted by Gasteiger charge is -2.44. The van der Waals surface area contributed by atoms with Crippen molar-refractivity contribution < 1.29 is 14.0 Å². The van der Waals surface area contributed by atoms with E-state index < -0.39 is 17.4 Å². The SMILES string of the molecule is CCC1(CC)NC(=O)C(C)N(c2ccc(Cl)c(F)c2)C1=O. The van der Waals surface area contributed by atoms with Crippen LogP contribution in [0.4, 0.5) is 10.1 Å². The molecule has 0 saturated carbocycles. The summed E-state index contributed by atoms with van der Waals surface area (Å²) >= 11 is 5.67. The monoisotopic (exact) mass is 312 g/mol. The zero-order chi connectivity index (χ0) is 15.8. The molecule has 1 aromatic rings. The summed E-state index contributed by atoms with van der Waals surface area (Å²) in [6, 6.07) is 3.43. The summed E-state index contributed by atoms with van der Waals surface area (Å²) in [4.78, 5) is 26.4. The summed E-state index contributed by atoms with van der Waals surface area (Å²) in [7, 11) is 0.